The van der Waals surface area contributed by atoms with Crippen LogP contribution in [0.5, 0.6) is 0 Å². The molecular weight excluding hydrogens is 241 g/mol. The van der Waals surface area contributed by atoms with Crippen LogP contribution in [0.4, 0.5) is 4.39 Å². The number of carbonyl (C=O) groups is 1. The molecule has 0 radical (unpaired) electrons. The number of hydrogen-bond acceptors (Lipinski definition) is 4. The summed E-state index contributed by atoms with van der Waals surface area (Å²) in [6.45, 7) is 2.10. The molecule has 1 aromatic carbocycles. The van der Waals surface area contributed by atoms with E-state index in [1.165, 1.54) is 23.5 Å². The minimum atomic E-state index is -0.529. The fraction of sp³-hybridized carbons (Fsp3) is 0.182. The second kappa shape index (κ2) is 5.01. The normalized spacial score (nSPS) is 10.2. The van der Waals surface area contributed by atoms with E-state index in [9.17, 15) is 9.18 Å². The average molecular weight is 251 g/mol. The molecule has 88 valence electrons. The van der Waals surface area contributed by atoms with Gasteiger partial charge in [-0.15, -0.1) is 10.2 Å². The Morgan fingerprint density at radius 2 is 2.18 bits per heavy atom. The summed E-state index contributed by atoms with van der Waals surface area (Å²) in [5.41, 5.74) is 0.0359. The molecule has 1 N–H and O–H groups in total. The second-order valence-corrected chi connectivity index (χ2v) is 4.64. The number of hydrogen-bond donors (Lipinski definition) is 1. The highest BCUT2D eigenvalue weighted by molar-refractivity contribution is 7.11. The number of amides is 1. The summed E-state index contributed by atoms with van der Waals surface area (Å²) in [4.78, 5) is 11.7. The van der Waals surface area contributed by atoms with E-state index in [0.717, 1.165) is 5.01 Å². The lowest BCUT2D eigenvalue weighted by molar-refractivity contribution is 0.0947. The molecule has 1 heterocycles. The Labute approximate surface area is 102 Å². The lowest BCUT2D eigenvalue weighted by Gasteiger charge is -2.03. The molecule has 0 aliphatic heterocycles. The van der Waals surface area contributed by atoms with Crippen LogP contribution in [0.1, 0.15) is 20.4 Å². The van der Waals surface area contributed by atoms with Crippen molar-refractivity contribution in [2.24, 2.45) is 0 Å². The van der Waals surface area contributed by atoms with Crippen molar-refractivity contribution in [2.45, 2.75) is 13.5 Å². The molecule has 6 heteroatoms. The number of carbonyl (C=O) groups excluding carboxylic acids is 1. The third-order valence-corrected chi connectivity index (χ3v) is 2.93. The van der Waals surface area contributed by atoms with E-state index in [1.54, 1.807) is 12.1 Å². The smallest absolute Gasteiger partial charge is 0.254 e. The van der Waals surface area contributed by atoms with Gasteiger partial charge in [0.2, 0.25) is 0 Å². The summed E-state index contributed by atoms with van der Waals surface area (Å²) in [5.74, 6) is -0.977. The van der Waals surface area contributed by atoms with E-state index >= 15 is 0 Å². The Morgan fingerprint density at radius 3 is 2.82 bits per heavy atom. The minimum absolute atomic E-state index is 0.0359. The topological polar surface area (TPSA) is 54.9 Å². The molecule has 0 saturated carbocycles. The Hall–Kier alpha value is -1.82. The first-order valence-corrected chi connectivity index (χ1v) is 5.80. The maximum atomic E-state index is 13.3. The van der Waals surface area contributed by atoms with Gasteiger partial charge in [0.05, 0.1) is 12.1 Å². The zero-order valence-corrected chi connectivity index (χ0v) is 9.92. The molecule has 1 aromatic heterocycles. The van der Waals surface area contributed by atoms with Gasteiger partial charge in [-0.25, -0.2) is 4.39 Å². The van der Waals surface area contributed by atoms with Gasteiger partial charge in [-0.3, -0.25) is 4.79 Å². The number of halogens is 1. The van der Waals surface area contributed by atoms with Gasteiger partial charge in [0.1, 0.15) is 15.8 Å². The first-order chi connectivity index (χ1) is 8.16. The van der Waals surface area contributed by atoms with E-state index in [4.69, 9.17) is 0 Å². The van der Waals surface area contributed by atoms with Crippen LogP contribution in [-0.2, 0) is 6.54 Å². The van der Waals surface area contributed by atoms with Crippen molar-refractivity contribution in [1.82, 2.24) is 15.5 Å². The van der Waals surface area contributed by atoms with E-state index in [2.05, 4.69) is 15.5 Å². The van der Waals surface area contributed by atoms with Gasteiger partial charge in [0.25, 0.3) is 5.91 Å². The Kier molecular flexibility index (Phi) is 3.43. The standard InChI is InChI=1S/C11H10FN3OS/c1-7-14-15-10(17-7)6-13-11(16)8-4-2-3-5-9(8)12/h2-5H,6H2,1H3,(H,13,16). The number of nitrogens with one attached hydrogen (secondary N) is 1. The van der Waals surface area contributed by atoms with Crippen molar-refractivity contribution < 1.29 is 9.18 Å². The SMILES string of the molecule is Cc1nnc(CNC(=O)c2ccccc2F)s1. The van der Waals surface area contributed by atoms with E-state index < -0.39 is 11.7 Å². The highest BCUT2D eigenvalue weighted by Gasteiger charge is 2.11. The van der Waals surface area contributed by atoms with Crippen LogP contribution < -0.4 is 5.32 Å². The van der Waals surface area contributed by atoms with Gasteiger partial charge in [-0.1, -0.05) is 23.5 Å². The molecule has 0 atom stereocenters. The monoisotopic (exact) mass is 251 g/mol. The quantitative estimate of drug-likeness (QED) is 0.906. The van der Waals surface area contributed by atoms with Crippen LogP contribution in [0.2, 0.25) is 0 Å². The Morgan fingerprint density at radius 1 is 1.41 bits per heavy atom. The molecule has 4 nitrogen and oxygen atoms in total. The van der Waals surface area contributed by atoms with Gasteiger partial charge in [0.15, 0.2) is 0 Å². The molecule has 0 bridgehead atoms. The fourth-order valence-corrected chi connectivity index (χ4v) is 1.95. The highest BCUT2D eigenvalue weighted by Crippen LogP contribution is 2.09. The predicted octanol–water partition coefficient (Wildman–Crippen LogP) is 1.92. The molecule has 0 aliphatic rings. The van der Waals surface area contributed by atoms with Crippen LogP contribution >= 0.6 is 11.3 Å². The van der Waals surface area contributed by atoms with Gasteiger partial charge in [-0.2, -0.15) is 0 Å². The fourth-order valence-electron chi connectivity index (χ4n) is 1.31. The zero-order valence-electron chi connectivity index (χ0n) is 9.11. The highest BCUT2D eigenvalue weighted by atomic mass is 32.1. The van der Waals surface area contributed by atoms with Crippen molar-refractivity contribution in [3.05, 3.63) is 45.7 Å². The van der Waals surface area contributed by atoms with Crippen molar-refractivity contribution in [1.29, 1.82) is 0 Å². The molecule has 0 aliphatic carbocycles. The average Bonchev–Trinajstić information content (AvgIpc) is 2.73. The van der Waals surface area contributed by atoms with Crippen molar-refractivity contribution in [3.63, 3.8) is 0 Å². The molecule has 2 rings (SSSR count). The van der Waals surface area contributed by atoms with E-state index in [0.29, 0.717) is 5.01 Å². The zero-order chi connectivity index (χ0) is 12.3. The number of aryl methyl sites for hydroxylation is 1. The van der Waals surface area contributed by atoms with Gasteiger partial charge < -0.3 is 5.32 Å². The molecular formula is C11H10FN3OS. The van der Waals surface area contributed by atoms with E-state index in [-0.39, 0.29) is 12.1 Å². The summed E-state index contributed by atoms with van der Waals surface area (Å²) in [7, 11) is 0. The van der Waals surface area contributed by atoms with Crippen molar-refractivity contribution in [2.75, 3.05) is 0 Å². The maximum absolute atomic E-state index is 13.3. The summed E-state index contributed by atoms with van der Waals surface area (Å²) in [5, 5.41) is 11.8. The number of benzene rings is 1. The van der Waals surface area contributed by atoms with Crippen molar-refractivity contribution in [3.8, 4) is 0 Å². The van der Waals surface area contributed by atoms with Gasteiger partial charge in [-0.05, 0) is 19.1 Å². The molecule has 0 unspecified atom stereocenters. The van der Waals surface area contributed by atoms with Gasteiger partial charge >= 0.3 is 0 Å². The van der Waals surface area contributed by atoms with Crippen LogP contribution in [0, 0.1) is 12.7 Å². The van der Waals surface area contributed by atoms with Crippen LogP contribution in [0.3, 0.4) is 0 Å². The first-order valence-electron chi connectivity index (χ1n) is 4.98. The number of rotatable bonds is 3. The largest absolute Gasteiger partial charge is 0.345 e. The Bertz CT molecular complexity index is 541. The predicted molar refractivity (Wildman–Crippen MR) is 62.2 cm³/mol. The van der Waals surface area contributed by atoms with Crippen LogP contribution in [0.25, 0.3) is 0 Å². The molecule has 0 fully saturated rings. The first kappa shape index (κ1) is 11.7. The molecule has 0 spiro atoms. The summed E-state index contributed by atoms with van der Waals surface area (Å²) in [6.07, 6.45) is 0. The molecule has 2 aromatic rings. The van der Waals surface area contributed by atoms with Crippen LogP contribution in [0.15, 0.2) is 24.3 Å². The van der Waals surface area contributed by atoms with Gasteiger partial charge in [0, 0.05) is 0 Å². The third kappa shape index (κ3) is 2.85. The summed E-state index contributed by atoms with van der Waals surface area (Å²) >= 11 is 1.40. The molecule has 0 saturated heterocycles. The summed E-state index contributed by atoms with van der Waals surface area (Å²) in [6, 6.07) is 5.85. The van der Waals surface area contributed by atoms with Crippen molar-refractivity contribution >= 4 is 17.2 Å². The molecule has 1 amide bonds. The number of aromatic nitrogens is 2. The van der Waals surface area contributed by atoms with E-state index in [1.807, 2.05) is 6.92 Å². The minimum Gasteiger partial charge on any atom is -0.345 e. The third-order valence-electron chi connectivity index (χ3n) is 2.09. The number of nitrogens with zero attached hydrogens (tertiary/aromatic N) is 2. The lowest BCUT2D eigenvalue weighted by atomic mass is 10.2. The second-order valence-electron chi connectivity index (χ2n) is 3.38. The Balaban J connectivity index is 2.01. The molecule has 17 heavy (non-hydrogen) atoms. The van der Waals surface area contributed by atoms with Crippen LogP contribution in [-0.4, -0.2) is 16.1 Å². The lowest BCUT2D eigenvalue weighted by Crippen LogP contribution is -2.23. The maximum Gasteiger partial charge on any atom is 0.254 e. The summed E-state index contributed by atoms with van der Waals surface area (Å²) < 4.78 is 13.3.